The highest BCUT2D eigenvalue weighted by atomic mass is 35.5. The molecule has 0 unspecified atom stereocenters. The summed E-state index contributed by atoms with van der Waals surface area (Å²) in [5.74, 6) is 0.638. The average Bonchev–Trinajstić information content (AvgIpc) is 2.34. The van der Waals surface area contributed by atoms with E-state index in [-0.39, 0.29) is 11.2 Å². The molecule has 0 aliphatic carbocycles. The predicted octanol–water partition coefficient (Wildman–Crippen LogP) is 3.62. The molecule has 0 radical (unpaired) electrons. The molecule has 0 saturated heterocycles. The van der Waals surface area contributed by atoms with Gasteiger partial charge in [-0.1, -0.05) is 29.3 Å². The molecular weight excluding hydrogens is 297 g/mol. The zero-order valence-corrected chi connectivity index (χ0v) is 11.5. The van der Waals surface area contributed by atoms with Crippen molar-refractivity contribution >= 4 is 52.4 Å². The summed E-state index contributed by atoms with van der Waals surface area (Å²) in [6.07, 6.45) is 0. The number of hydrogen-bond donors (Lipinski definition) is 2. The highest BCUT2D eigenvalue weighted by Crippen LogP contribution is 2.31. The van der Waals surface area contributed by atoms with Gasteiger partial charge in [-0.2, -0.15) is 15.0 Å². The molecule has 2 rings (SSSR count). The fourth-order valence-corrected chi connectivity index (χ4v) is 1.75. The molecule has 0 atom stereocenters. The van der Waals surface area contributed by atoms with Gasteiger partial charge in [0.05, 0.1) is 15.7 Å². The Labute approximate surface area is 119 Å². The molecule has 0 aliphatic rings. The lowest BCUT2D eigenvalue weighted by Gasteiger charge is -2.08. The Kier molecular flexibility index (Phi) is 4.06. The van der Waals surface area contributed by atoms with Crippen LogP contribution in [0.2, 0.25) is 15.3 Å². The molecule has 1 aromatic carbocycles. The van der Waals surface area contributed by atoms with E-state index in [0.717, 1.165) is 0 Å². The van der Waals surface area contributed by atoms with Crippen LogP contribution in [0.5, 0.6) is 0 Å². The zero-order valence-electron chi connectivity index (χ0n) is 9.21. The number of aromatic nitrogens is 3. The van der Waals surface area contributed by atoms with Crippen molar-refractivity contribution in [1.82, 2.24) is 15.0 Å². The van der Waals surface area contributed by atoms with Crippen molar-refractivity contribution in [1.29, 1.82) is 0 Å². The van der Waals surface area contributed by atoms with E-state index < -0.39 is 0 Å². The first-order valence-corrected chi connectivity index (χ1v) is 6.04. The van der Waals surface area contributed by atoms with Gasteiger partial charge >= 0.3 is 0 Å². The monoisotopic (exact) mass is 303 g/mol. The van der Waals surface area contributed by atoms with Crippen molar-refractivity contribution in [2.45, 2.75) is 0 Å². The third-order valence-electron chi connectivity index (χ3n) is 2.03. The van der Waals surface area contributed by atoms with E-state index in [9.17, 15) is 0 Å². The Hall–Kier alpha value is -1.30. The number of nitrogens with zero attached hydrogens (tertiary/aromatic N) is 3. The van der Waals surface area contributed by atoms with Crippen LogP contribution in [0.3, 0.4) is 0 Å². The number of halogens is 3. The van der Waals surface area contributed by atoms with Crippen molar-refractivity contribution in [3.63, 3.8) is 0 Å². The molecule has 5 nitrogen and oxygen atoms in total. The van der Waals surface area contributed by atoms with Crippen LogP contribution in [0.15, 0.2) is 18.2 Å². The van der Waals surface area contributed by atoms with Crippen LogP contribution in [0, 0.1) is 0 Å². The molecule has 8 heteroatoms. The van der Waals surface area contributed by atoms with E-state index in [4.69, 9.17) is 34.8 Å². The first-order valence-electron chi connectivity index (χ1n) is 4.90. The molecule has 0 amide bonds. The molecule has 1 aromatic heterocycles. The van der Waals surface area contributed by atoms with Crippen molar-refractivity contribution < 1.29 is 0 Å². The van der Waals surface area contributed by atoms with Crippen molar-refractivity contribution in [2.75, 3.05) is 17.7 Å². The van der Waals surface area contributed by atoms with Crippen molar-refractivity contribution in [2.24, 2.45) is 0 Å². The van der Waals surface area contributed by atoms with Crippen LogP contribution in [0.1, 0.15) is 0 Å². The summed E-state index contributed by atoms with van der Waals surface area (Å²) in [5, 5.41) is 6.61. The van der Waals surface area contributed by atoms with E-state index in [2.05, 4.69) is 25.6 Å². The third kappa shape index (κ3) is 2.93. The smallest absolute Gasteiger partial charge is 0.233 e. The van der Waals surface area contributed by atoms with Crippen LogP contribution in [0.4, 0.5) is 17.6 Å². The van der Waals surface area contributed by atoms with Gasteiger partial charge in [0.2, 0.25) is 17.2 Å². The van der Waals surface area contributed by atoms with Crippen LogP contribution >= 0.6 is 34.8 Å². The van der Waals surface area contributed by atoms with E-state index in [1.807, 2.05) is 0 Å². The number of rotatable bonds is 3. The minimum atomic E-state index is 0.0787. The summed E-state index contributed by atoms with van der Waals surface area (Å²) in [6, 6.07) is 5.21. The van der Waals surface area contributed by atoms with Crippen LogP contribution < -0.4 is 10.6 Å². The van der Waals surface area contributed by atoms with Gasteiger partial charge in [-0.15, -0.1) is 0 Å². The number of nitrogens with one attached hydrogen (secondary N) is 2. The first kappa shape index (κ1) is 13.1. The molecule has 0 fully saturated rings. The van der Waals surface area contributed by atoms with Gasteiger partial charge in [0, 0.05) is 7.05 Å². The minimum Gasteiger partial charge on any atom is -0.357 e. The fourth-order valence-electron chi connectivity index (χ4n) is 1.24. The molecule has 0 bridgehead atoms. The van der Waals surface area contributed by atoms with Gasteiger partial charge in [-0.3, -0.25) is 0 Å². The topological polar surface area (TPSA) is 62.7 Å². The molecule has 18 heavy (non-hydrogen) atoms. The molecular formula is C10H8Cl3N5. The second-order valence-corrected chi connectivity index (χ2v) is 4.35. The molecule has 94 valence electrons. The molecule has 0 aliphatic heterocycles. The van der Waals surface area contributed by atoms with Crippen molar-refractivity contribution in [3.8, 4) is 0 Å². The summed E-state index contributed by atoms with van der Waals surface area (Å²) < 4.78 is 0. The van der Waals surface area contributed by atoms with Crippen LogP contribution in [-0.2, 0) is 0 Å². The van der Waals surface area contributed by atoms with Gasteiger partial charge in [0.15, 0.2) is 0 Å². The molecule has 0 saturated carbocycles. The van der Waals surface area contributed by atoms with Gasteiger partial charge in [0.1, 0.15) is 0 Å². The lowest BCUT2D eigenvalue weighted by atomic mass is 10.3. The predicted molar refractivity (Wildman–Crippen MR) is 74.1 cm³/mol. The Balaban J connectivity index is 2.34. The number of benzene rings is 1. The highest BCUT2D eigenvalue weighted by molar-refractivity contribution is 6.43. The Morgan fingerprint density at radius 1 is 1.00 bits per heavy atom. The number of anilines is 3. The maximum atomic E-state index is 6.04. The SMILES string of the molecule is CNc1nc(Cl)nc(Nc2cccc(Cl)c2Cl)n1. The van der Waals surface area contributed by atoms with E-state index in [1.165, 1.54) is 0 Å². The standard InChI is InChI=1S/C10H8Cl3N5/c1-14-9-16-8(13)17-10(18-9)15-6-4-2-3-5(11)7(6)12/h2-4H,1H3,(H2,14,15,16,17,18). The van der Waals surface area contributed by atoms with Gasteiger partial charge in [0.25, 0.3) is 0 Å². The first-order chi connectivity index (χ1) is 8.60. The molecule has 1 heterocycles. The van der Waals surface area contributed by atoms with E-state index in [0.29, 0.717) is 21.7 Å². The maximum absolute atomic E-state index is 6.04. The summed E-state index contributed by atoms with van der Waals surface area (Å²) in [5.41, 5.74) is 0.591. The molecule has 2 N–H and O–H groups in total. The normalized spacial score (nSPS) is 10.2. The maximum Gasteiger partial charge on any atom is 0.233 e. The Morgan fingerprint density at radius 3 is 2.44 bits per heavy atom. The van der Waals surface area contributed by atoms with Crippen molar-refractivity contribution in [3.05, 3.63) is 33.5 Å². The van der Waals surface area contributed by atoms with E-state index in [1.54, 1.807) is 25.2 Å². The summed E-state index contributed by atoms with van der Waals surface area (Å²) in [7, 11) is 1.68. The summed E-state index contributed by atoms with van der Waals surface area (Å²) in [6.45, 7) is 0. The average molecular weight is 305 g/mol. The van der Waals surface area contributed by atoms with Crippen LogP contribution in [0.25, 0.3) is 0 Å². The van der Waals surface area contributed by atoms with Crippen LogP contribution in [-0.4, -0.2) is 22.0 Å². The minimum absolute atomic E-state index is 0.0787. The summed E-state index contributed by atoms with van der Waals surface area (Å²) >= 11 is 17.7. The Bertz CT molecular complexity index is 575. The Morgan fingerprint density at radius 2 is 1.72 bits per heavy atom. The van der Waals surface area contributed by atoms with Gasteiger partial charge in [-0.05, 0) is 23.7 Å². The molecule has 0 spiro atoms. The largest absolute Gasteiger partial charge is 0.357 e. The lowest BCUT2D eigenvalue weighted by Crippen LogP contribution is -2.03. The fraction of sp³-hybridized carbons (Fsp3) is 0.100. The molecule has 2 aromatic rings. The quantitative estimate of drug-likeness (QED) is 0.907. The second-order valence-electron chi connectivity index (χ2n) is 3.23. The number of hydrogen-bond acceptors (Lipinski definition) is 5. The zero-order chi connectivity index (χ0) is 13.1. The summed E-state index contributed by atoms with van der Waals surface area (Å²) in [4.78, 5) is 11.9. The van der Waals surface area contributed by atoms with E-state index >= 15 is 0 Å². The van der Waals surface area contributed by atoms with Gasteiger partial charge in [-0.25, -0.2) is 0 Å². The third-order valence-corrected chi connectivity index (χ3v) is 3.02. The van der Waals surface area contributed by atoms with Gasteiger partial charge < -0.3 is 10.6 Å². The lowest BCUT2D eigenvalue weighted by molar-refractivity contribution is 1.05. The highest BCUT2D eigenvalue weighted by Gasteiger charge is 2.08. The second kappa shape index (κ2) is 5.56.